The second-order valence-electron chi connectivity index (χ2n) is 9.25. The molecule has 0 radical (unpaired) electrons. The molecule has 3 N–H and O–H groups in total. The first-order valence-electron chi connectivity index (χ1n) is 12.2. The van der Waals surface area contributed by atoms with Gasteiger partial charge in [0.05, 0.1) is 11.4 Å². The maximum absolute atomic E-state index is 12.0. The standard InChI is InChI=1S/C15H20N2O3.C11H12N2O2/c1-19-8-2-7-17-13-9-12(16-11-3-4-11)5-6-14(13)20-10-15(17)18;14-11-6-15-10-4-3-8(5-9(10)13-11)12-7-1-2-7/h5-6,9,11,16H,2-4,7-8,10H2,1H3;3-5,7,12H,1-2,6H2,(H,13,14). The van der Waals surface area contributed by atoms with Crippen molar-refractivity contribution in [1.82, 2.24) is 0 Å². The van der Waals surface area contributed by atoms with Crippen molar-refractivity contribution in [2.24, 2.45) is 0 Å². The molecule has 6 rings (SSSR count). The lowest BCUT2D eigenvalue weighted by Gasteiger charge is -2.30. The Labute approximate surface area is 205 Å². The predicted octanol–water partition coefficient (Wildman–Crippen LogP) is 3.61. The van der Waals surface area contributed by atoms with E-state index in [9.17, 15) is 9.59 Å². The summed E-state index contributed by atoms with van der Waals surface area (Å²) in [6, 6.07) is 13.0. The van der Waals surface area contributed by atoms with Crippen molar-refractivity contribution in [3.05, 3.63) is 36.4 Å². The van der Waals surface area contributed by atoms with Crippen LogP contribution in [0.3, 0.4) is 0 Å². The first-order valence-corrected chi connectivity index (χ1v) is 12.2. The first kappa shape index (κ1) is 23.3. The van der Waals surface area contributed by atoms with E-state index in [1.54, 1.807) is 12.0 Å². The highest BCUT2D eigenvalue weighted by Crippen LogP contribution is 2.36. The van der Waals surface area contributed by atoms with Gasteiger partial charge in [0, 0.05) is 43.7 Å². The maximum Gasteiger partial charge on any atom is 0.265 e. The van der Waals surface area contributed by atoms with Gasteiger partial charge in [-0.1, -0.05) is 0 Å². The average Bonchev–Trinajstić information content (AvgIpc) is 3.79. The summed E-state index contributed by atoms with van der Waals surface area (Å²) in [6.07, 6.45) is 5.75. The van der Waals surface area contributed by atoms with Crippen LogP contribution in [0.4, 0.5) is 22.7 Å². The minimum atomic E-state index is -0.0916. The molecule has 2 aliphatic heterocycles. The van der Waals surface area contributed by atoms with Gasteiger partial charge in [0.1, 0.15) is 11.5 Å². The maximum atomic E-state index is 12.0. The van der Waals surface area contributed by atoms with E-state index in [-0.39, 0.29) is 25.0 Å². The van der Waals surface area contributed by atoms with E-state index in [1.165, 1.54) is 25.7 Å². The summed E-state index contributed by atoms with van der Waals surface area (Å²) < 4.78 is 15.8. The molecule has 4 aliphatic rings. The van der Waals surface area contributed by atoms with Crippen molar-refractivity contribution in [1.29, 1.82) is 0 Å². The normalized spacial score (nSPS) is 18.1. The zero-order valence-electron chi connectivity index (χ0n) is 20.0. The molecule has 0 unspecified atom stereocenters. The van der Waals surface area contributed by atoms with Gasteiger partial charge in [0.15, 0.2) is 13.2 Å². The molecule has 0 saturated heterocycles. The number of rotatable bonds is 8. The fourth-order valence-electron chi connectivity index (χ4n) is 4.00. The molecule has 0 bridgehead atoms. The van der Waals surface area contributed by atoms with Crippen LogP contribution in [-0.2, 0) is 14.3 Å². The van der Waals surface area contributed by atoms with Crippen LogP contribution in [0.1, 0.15) is 32.1 Å². The fraction of sp³-hybridized carbons (Fsp3) is 0.462. The largest absolute Gasteiger partial charge is 0.482 e. The van der Waals surface area contributed by atoms with Gasteiger partial charge in [-0.15, -0.1) is 0 Å². The number of nitrogens with one attached hydrogen (secondary N) is 3. The Morgan fingerprint density at radius 1 is 0.943 bits per heavy atom. The van der Waals surface area contributed by atoms with Crippen molar-refractivity contribution in [3.8, 4) is 11.5 Å². The molecular weight excluding hydrogens is 448 g/mol. The smallest absolute Gasteiger partial charge is 0.265 e. The number of anilines is 4. The molecular formula is C26H32N4O5. The zero-order chi connectivity index (χ0) is 24.2. The number of ether oxygens (including phenoxy) is 3. The van der Waals surface area contributed by atoms with E-state index in [2.05, 4.69) is 16.0 Å². The Kier molecular flexibility index (Phi) is 6.94. The van der Waals surface area contributed by atoms with Crippen LogP contribution in [0.2, 0.25) is 0 Å². The highest BCUT2D eigenvalue weighted by Gasteiger charge is 2.27. The lowest BCUT2D eigenvalue weighted by molar-refractivity contribution is -0.121. The van der Waals surface area contributed by atoms with E-state index >= 15 is 0 Å². The van der Waals surface area contributed by atoms with Crippen LogP contribution in [0.5, 0.6) is 11.5 Å². The molecule has 186 valence electrons. The van der Waals surface area contributed by atoms with E-state index in [4.69, 9.17) is 14.2 Å². The number of amides is 2. The van der Waals surface area contributed by atoms with Gasteiger partial charge in [-0.05, 0) is 68.5 Å². The minimum Gasteiger partial charge on any atom is -0.482 e. The van der Waals surface area contributed by atoms with Crippen LogP contribution in [0, 0.1) is 0 Å². The predicted molar refractivity (Wildman–Crippen MR) is 135 cm³/mol. The molecule has 9 nitrogen and oxygen atoms in total. The number of carbonyl (C=O) groups excluding carboxylic acids is 2. The molecule has 2 aromatic rings. The Morgan fingerprint density at radius 3 is 2.29 bits per heavy atom. The summed E-state index contributed by atoms with van der Waals surface area (Å²) in [5.74, 6) is 1.45. The van der Waals surface area contributed by atoms with Gasteiger partial charge in [0.25, 0.3) is 11.8 Å². The number of carbonyl (C=O) groups is 2. The molecule has 0 atom stereocenters. The molecule has 0 spiro atoms. The quantitative estimate of drug-likeness (QED) is 0.496. The van der Waals surface area contributed by atoms with Crippen molar-refractivity contribution in [3.63, 3.8) is 0 Å². The molecule has 2 aliphatic carbocycles. The van der Waals surface area contributed by atoms with Crippen molar-refractivity contribution < 1.29 is 23.8 Å². The van der Waals surface area contributed by atoms with Crippen LogP contribution in [0.15, 0.2) is 36.4 Å². The van der Waals surface area contributed by atoms with Gasteiger partial charge in [-0.2, -0.15) is 0 Å². The molecule has 2 fully saturated rings. The second-order valence-corrected chi connectivity index (χ2v) is 9.25. The van der Waals surface area contributed by atoms with Gasteiger partial charge in [0.2, 0.25) is 0 Å². The number of fused-ring (bicyclic) bond motifs is 2. The lowest BCUT2D eigenvalue weighted by Crippen LogP contribution is -2.39. The molecule has 35 heavy (non-hydrogen) atoms. The number of nitrogens with zero attached hydrogens (tertiary/aromatic N) is 1. The molecule has 2 saturated carbocycles. The third-order valence-corrected chi connectivity index (χ3v) is 6.14. The molecule has 9 heteroatoms. The second kappa shape index (κ2) is 10.4. The average molecular weight is 481 g/mol. The summed E-state index contributed by atoms with van der Waals surface area (Å²) in [6.45, 7) is 1.55. The van der Waals surface area contributed by atoms with Crippen LogP contribution in [-0.4, -0.2) is 57.4 Å². The number of methoxy groups -OCH3 is 1. The minimum absolute atomic E-state index is 0.0113. The van der Waals surface area contributed by atoms with E-state index in [0.717, 1.165) is 40.7 Å². The zero-order valence-corrected chi connectivity index (χ0v) is 20.0. The highest BCUT2D eigenvalue weighted by molar-refractivity contribution is 5.98. The van der Waals surface area contributed by atoms with Crippen molar-refractivity contribution in [2.45, 2.75) is 44.2 Å². The van der Waals surface area contributed by atoms with E-state index in [1.807, 2.05) is 36.4 Å². The first-order chi connectivity index (χ1) is 17.1. The van der Waals surface area contributed by atoms with Gasteiger partial charge < -0.3 is 35.1 Å². The van der Waals surface area contributed by atoms with Crippen LogP contribution >= 0.6 is 0 Å². The molecule has 0 aromatic heterocycles. The third-order valence-electron chi connectivity index (χ3n) is 6.14. The fourth-order valence-corrected chi connectivity index (χ4v) is 4.00. The SMILES string of the molecule is COCCCN1C(=O)COc2ccc(NC3CC3)cc21.O=C1COc2ccc(NC3CC3)cc2N1. The monoisotopic (exact) mass is 480 g/mol. The summed E-state index contributed by atoms with van der Waals surface area (Å²) in [5.41, 5.74) is 3.73. The Hall–Kier alpha value is -3.46. The highest BCUT2D eigenvalue weighted by atomic mass is 16.5. The van der Waals surface area contributed by atoms with Gasteiger partial charge in [-0.3, -0.25) is 9.59 Å². The van der Waals surface area contributed by atoms with E-state index < -0.39 is 0 Å². The summed E-state index contributed by atoms with van der Waals surface area (Å²) in [4.78, 5) is 25.0. The lowest BCUT2D eigenvalue weighted by atomic mass is 10.2. The van der Waals surface area contributed by atoms with Gasteiger partial charge >= 0.3 is 0 Å². The topological polar surface area (TPSA) is 101 Å². The molecule has 2 amide bonds. The number of benzene rings is 2. The Bertz CT molecular complexity index is 1080. The Morgan fingerprint density at radius 2 is 1.60 bits per heavy atom. The van der Waals surface area contributed by atoms with Crippen molar-refractivity contribution >= 4 is 34.6 Å². The summed E-state index contributed by atoms with van der Waals surface area (Å²) in [7, 11) is 1.67. The van der Waals surface area contributed by atoms with Crippen LogP contribution in [0.25, 0.3) is 0 Å². The summed E-state index contributed by atoms with van der Waals surface area (Å²) >= 11 is 0. The number of hydrogen-bond donors (Lipinski definition) is 3. The Balaban J connectivity index is 0.000000151. The number of hydrogen-bond acceptors (Lipinski definition) is 7. The molecule has 2 heterocycles. The molecule has 2 aromatic carbocycles. The summed E-state index contributed by atoms with van der Waals surface area (Å²) in [5, 5.41) is 9.61. The van der Waals surface area contributed by atoms with Gasteiger partial charge in [-0.25, -0.2) is 0 Å². The van der Waals surface area contributed by atoms with Crippen LogP contribution < -0.4 is 30.3 Å². The third kappa shape index (κ3) is 6.16. The van der Waals surface area contributed by atoms with Crippen molar-refractivity contribution in [2.75, 3.05) is 54.3 Å². The van der Waals surface area contributed by atoms with E-state index in [0.29, 0.717) is 25.2 Å².